The zero-order valence-electron chi connectivity index (χ0n) is 13.4. The van der Waals surface area contributed by atoms with Crippen LogP contribution in [0.15, 0.2) is 40.8 Å². The summed E-state index contributed by atoms with van der Waals surface area (Å²) in [6.07, 6.45) is 2.02. The van der Waals surface area contributed by atoms with Crippen molar-refractivity contribution in [3.8, 4) is 17.1 Å². The van der Waals surface area contributed by atoms with Gasteiger partial charge >= 0.3 is 0 Å². The number of aryl methyl sites for hydroxylation is 1. The van der Waals surface area contributed by atoms with Crippen LogP contribution in [0.25, 0.3) is 17.1 Å². The van der Waals surface area contributed by atoms with Crippen LogP contribution in [0.5, 0.6) is 0 Å². The summed E-state index contributed by atoms with van der Waals surface area (Å²) < 4.78 is 7.20. The molecule has 1 aromatic carbocycles. The van der Waals surface area contributed by atoms with E-state index in [4.69, 9.17) is 27.6 Å². The second kappa shape index (κ2) is 6.24. The number of rotatable bonds is 4. The largest absolute Gasteiger partial charge is 0.460 e. The van der Waals surface area contributed by atoms with E-state index in [-0.39, 0.29) is 11.9 Å². The van der Waals surface area contributed by atoms with Crippen molar-refractivity contribution in [2.45, 2.75) is 25.8 Å². The van der Waals surface area contributed by atoms with Gasteiger partial charge < -0.3 is 9.73 Å². The maximum Gasteiger partial charge on any atom is 0.270 e. The summed E-state index contributed by atoms with van der Waals surface area (Å²) in [5, 5.41) is 8.38. The minimum atomic E-state index is -0.171. The van der Waals surface area contributed by atoms with E-state index in [9.17, 15) is 4.79 Å². The highest BCUT2D eigenvalue weighted by Gasteiger charge is 2.27. The fourth-order valence-electron chi connectivity index (χ4n) is 2.54. The van der Waals surface area contributed by atoms with E-state index in [1.165, 1.54) is 0 Å². The van der Waals surface area contributed by atoms with Crippen molar-refractivity contribution in [2.24, 2.45) is 0 Å². The van der Waals surface area contributed by atoms with Crippen molar-refractivity contribution >= 4 is 29.1 Å². The lowest BCUT2D eigenvalue weighted by Crippen LogP contribution is -2.27. The summed E-state index contributed by atoms with van der Waals surface area (Å²) in [6.45, 7) is 1.86. The van der Waals surface area contributed by atoms with Gasteiger partial charge in [-0.3, -0.25) is 4.79 Å². The van der Waals surface area contributed by atoms with E-state index >= 15 is 0 Å². The molecule has 2 aromatic heterocycles. The van der Waals surface area contributed by atoms with Gasteiger partial charge in [0, 0.05) is 12.1 Å². The van der Waals surface area contributed by atoms with Crippen LogP contribution >= 0.6 is 23.2 Å². The highest BCUT2D eigenvalue weighted by atomic mass is 35.5. The molecule has 0 bridgehead atoms. The van der Waals surface area contributed by atoms with Gasteiger partial charge in [-0.25, -0.2) is 4.68 Å². The van der Waals surface area contributed by atoms with Crippen molar-refractivity contribution in [3.63, 3.8) is 0 Å². The van der Waals surface area contributed by atoms with Gasteiger partial charge in [-0.2, -0.15) is 5.10 Å². The number of carbonyl (C=O) groups is 1. The van der Waals surface area contributed by atoms with Gasteiger partial charge in [0.25, 0.3) is 5.91 Å². The number of halogens is 2. The quantitative estimate of drug-likeness (QED) is 0.722. The summed E-state index contributed by atoms with van der Waals surface area (Å²) in [6, 6.07) is 10.8. The normalized spacial score (nSPS) is 13.9. The van der Waals surface area contributed by atoms with Crippen LogP contribution in [0.4, 0.5) is 0 Å². The molecule has 0 spiro atoms. The molecule has 25 heavy (non-hydrogen) atoms. The predicted molar refractivity (Wildman–Crippen MR) is 96.5 cm³/mol. The second-order valence-corrected chi connectivity index (χ2v) is 6.90. The predicted octanol–water partition coefficient (Wildman–Crippen LogP) is 4.64. The number of aromatic nitrogens is 2. The molecule has 128 valence electrons. The molecule has 0 unspecified atom stereocenters. The third kappa shape index (κ3) is 3.30. The Morgan fingerprint density at radius 1 is 1.20 bits per heavy atom. The third-order valence-electron chi connectivity index (χ3n) is 4.00. The van der Waals surface area contributed by atoms with E-state index in [1.807, 2.05) is 19.1 Å². The average molecular weight is 376 g/mol. The number of hydrogen-bond acceptors (Lipinski definition) is 3. The monoisotopic (exact) mass is 375 g/mol. The second-order valence-electron chi connectivity index (χ2n) is 6.08. The zero-order chi connectivity index (χ0) is 17.6. The number of carbonyl (C=O) groups excluding carboxylic acids is 1. The molecule has 1 fully saturated rings. The Balaban J connectivity index is 1.80. The summed E-state index contributed by atoms with van der Waals surface area (Å²) in [5.74, 6) is 1.22. The molecule has 7 heteroatoms. The summed E-state index contributed by atoms with van der Waals surface area (Å²) in [5.41, 5.74) is 1.67. The van der Waals surface area contributed by atoms with E-state index in [0.29, 0.717) is 32.9 Å². The molecule has 0 saturated heterocycles. The average Bonchev–Trinajstić information content (AvgIpc) is 3.10. The zero-order valence-corrected chi connectivity index (χ0v) is 14.9. The number of benzene rings is 1. The maximum atomic E-state index is 12.6. The van der Waals surface area contributed by atoms with Crippen LogP contribution in [-0.2, 0) is 0 Å². The molecule has 5 nitrogen and oxygen atoms in total. The maximum absolute atomic E-state index is 12.6. The summed E-state index contributed by atoms with van der Waals surface area (Å²) in [7, 11) is 0. The van der Waals surface area contributed by atoms with Crippen LogP contribution < -0.4 is 5.32 Å². The van der Waals surface area contributed by atoms with Crippen LogP contribution in [0, 0.1) is 6.92 Å². The molecular weight excluding hydrogens is 361 g/mol. The van der Waals surface area contributed by atoms with Crippen LogP contribution in [-0.4, -0.2) is 21.7 Å². The molecule has 0 aliphatic heterocycles. The lowest BCUT2D eigenvalue weighted by atomic mass is 10.2. The van der Waals surface area contributed by atoms with Crippen LogP contribution in [0.3, 0.4) is 0 Å². The summed E-state index contributed by atoms with van der Waals surface area (Å²) in [4.78, 5) is 12.6. The fraction of sp³-hybridized carbons (Fsp3) is 0.222. The molecule has 1 aliphatic carbocycles. The van der Waals surface area contributed by atoms with Gasteiger partial charge in [-0.1, -0.05) is 23.2 Å². The molecule has 1 N–H and O–H groups in total. The number of nitrogens with one attached hydrogen (secondary N) is 1. The Hall–Kier alpha value is -2.24. The van der Waals surface area contributed by atoms with Gasteiger partial charge in [-0.15, -0.1) is 0 Å². The highest BCUT2D eigenvalue weighted by molar-refractivity contribution is 6.42. The lowest BCUT2D eigenvalue weighted by Gasteiger charge is -2.08. The number of amides is 1. The Bertz CT molecular complexity index is 957. The minimum Gasteiger partial charge on any atom is -0.460 e. The topological polar surface area (TPSA) is 60.1 Å². The van der Waals surface area contributed by atoms with Crippen LogP contribution in [0.2, 0.25) is 10.0 Å². The first kappa shape index (κ1) is 16.2. The van der Waals surface area contributed by atoms with Crippen molar-refractivity contribution < 1.29 is 9.21 Å². The number of nitrogens with zero attached hydrogens (tertiary/aromatic N) is 2. The van der Waals surface area contributed by atoms with Gasteiger partial charge in [-0.05, 0) is 50.1 Å². The first-order valence-electron chi connectivity index (χ1n) is 7.94. The van der Waals surface area contributed by atoms with Crippen molar-refractivity contribution in [3.05, 3.63) is 57.9 Å². The van der Waals surface area contributed by atoms with Gasteiger partial charge in [0.2, 0.25) is 0 Å². The first-order valence-corrected chi connectivity index (χ1v) is 8.70. The van der Waals surface area contributed by atoms with Crippen molar-refractivity contribution in [1.82, 2.24) is 15.1 Å². The molecule has 0 radical (unpaired) electrons. The summed E-state index contributed by atoms with van der Waals surface area (Å²) >= 11 is 12.1. The van der Waals surface area contributed by atoms with E-state index in [2.05, 4.69) is 10.4 Å². The van der Waals surface area contributed by atoms with E-state index < -0.39 is 0 Å². The van der Waals surface area contributed by atoms with Gasteiger partial charge in [0.1, 0.15) is 17.1 Å². The Labute approximate surface area is 154 Å². The molecule has 4 rings (SSSR count). The van der Waals surface area contributed by atoms with Gasteiger partial charge in [0.05, 0.1) is 15.7 Å². The Kier molecular flexibility index (Phi) is 4.06. The third-order valence-corrected chi connectivity index (χ3v) is 4.73. The fourth-order valence-corrected chi connectivity index (χ4v) is 2.83. The molecule has 2 heterocycles. The first-order chi connectivity index (χ1) is 12.0. The standard InChI is InChI=1S/C18H15Cl2N3O2/c1-10-2-7-17(25-10)15-9-16(18(24)21-11-3-4-11)23(22-15)12-5-6-13(19)14(20)8-12/h2,5-9,11H,3-4H2,1H3,(H,21,24). The number of furan rings is 1. The SMILES string of the molecule is Cc1ccc(-c2cc(C(=O)NC3CC3)n(-c3ccc(Cl)c(Cl)c3)n2)o1. The molecular formula is C18H15Cl2N3O2. The van der Waals surface area contributed by atoms with E-state index in [0.717, 1.165) is 18.6 Å². The van der Waals surface area contributed by atoms with E-state index in [1.54, 1.807) is 28.9 Å². The van der Waals surface area contributed by atoms with Crippen molar-refractivity contribution in [2.75, 3.05) is 0 Å². The van der Waals surface area contributed by atoms with Crippen LogP contribution in [0.1, 0.15) is 29.1 Å². The molecule has 0 atom stereocenters. The number of hydrogen-bond donors (Lipinski definition) is 1. The minimum absolute atomic E-state index is 0.171. The van der Waals surface area contributed by atoms with Crippen molar-refractivity contribution in [1.29, 1.82) is 0 Å². The molecule has 3 aromatic rings. The molecule has 1 amide bonds. The lowest BCUT2D eigenvalue weighted by molar-refractivity contribution is 0.0943. The Morgan fingerprint density at radius 2 is 2.00 bits per heavy atom. The highest BCUT2D eigenvalue weighted by Crippen LogP contribution is 2.28. The smallest absolute Gasteiger partial charge is 0.270 e. The molecule has 1 aliphatic rings. The Morgan fingerprint density at radius 3 is 2.64 bits per heavy atom. The van der Waals surface area contributed by atoms with Gasteiger partial charge in [0.15, 0.2) is 5.76 Å². The molecule has 1 saturated carbocycles.